The number of aromatic hydroxyl groups is 1. The molecule has 0 fully saturated rings. The monoisotopic (exact) mass is 237 g/mol. The minimum absolute atomic E-state index is 0.00101. The third-order valence-corrected chi connectivity index (χ3v) is 2.98. The van der Waals surface area contributed by atoms with Crippen LogP contribution in [0.3, 0.4) is 0 Å². The lowest BCUT2D eigenvalue weighted by Gasteiger charge is -2.24. The van der Waals surface area contributed by atoms with Gasteiger partial charge in [0.25, 0.3) is 0 Å². The molecule has 3 N–H and O–H groups in total. The van der Waals surface area contributed by atoms with Gasteiger partial charge in [0.05, 0.1) is 6.10 Å². The zero-order valence-corrected chi connectivity index (χ0v) is 10.9. The second-order valence-corrected chi connectivity index (χ2v) is 4.68. The van der Waals surface area contributed by atoms with Crippen LogP contribution in [0.2, 0.25) is 0 Å². The van der Waals surface area contributed by atoms with E-state index in [1.54, 1.807) is 24.3 Å². The van der Waals surface area contributed by atoms with E-state index in [4.69, 9.17) is 0 Å². The summed E-state index contributed by atoms with van der Waals surface area (Å²) >= 11 is 0. The third kappa shape index (κ3) is 4.36. The van der Waals surface area contributed by atoms with Gasteiger partial charge >= 0.3 is 0 Å². The Morgan fingerprint density at radius 2 is 1.76 bits per heavy atom. The lowest BCUT2D eigenvalue weighted by atomic mass is 10.0. The van der Waals surface area contributed by atoms with Gasteiger partial charge in [-0.15, -0.1) is 0 Å². The Morgan fingerprint density at radius 3 is 2.29 bits per heavy atom. The molecule has 3 nitrogen and oxygen atoms in total. The Hall–Kier alpha value is -1.06. The Morgan fingerprint density at radius 1 is 1.18 bits per heavy atom. The smallest absolute Gasteiger partial charge is 0.115 e. The van der Waals surface area contributed by atoms with Crippen molar-refractivity contribution in [3.63, 3.8) is 0 Å². The van der Waals surface area contributed by atoms with Crippen LogP contribution in [0.1, 0.15) is 45.3 Å². The van der Waals surface area contributed by atoms with E-state index in [0.717, 1.165) is 18.4 Å². The Bertz CT molecular complexity index is 323. The standard InChI is InChI=1S/C14H23NO2/c1-4-5-10(2)15-11(3)14(17)12-6-8-13(16)9-7-12/h6-11,14-17H,4-5H2,1-3H3. The average molecular weight is 237 g/mol. The molecule has 0 aliphatic carbocycles. The van der Waals surface area contributed by atoms with Crippen LogP contribution in [0.4, 0.5) is 0 Å². The summed E-state index contributed by atoms with van der Waals surface area (Å²) < 4.78 is 0. The molecule has 0 amide bonds. The predicted molar refractivity (Wildman–Crippen MR) is 70.0 cm³/mol. The van der Waals surface area contributed by atoms with E-state index in [9.17, 15) is 10.2 Å². The van der Waals surface area contributed by atoms with Crippen LogP contribution in [-0.2, 0) is 0 Å². The van der Waals surface area contributed by atoms with Gasteiger partial charge in [0, 0.05) is 12.1 Å². The summed E-state index contributed by atoms with van der Waals surface area (Å²) in [5.74, 6) is 0.223. The molecule has 3 atom stereocenters. The Kier molecular flexibility index (Phi) is 5.45. The number of hydrogen-bond acceptors (Lipinski definition) is 3. The van der Waals surface area contributed by atoms with Crippen LogP contribution in [0.15, 0.2) is 24.3 Å². The number of aliphatic hydroxyl groups excluding tert-OH is 1. The fraction of sp³-hybridized carbons (Fsp3) is 0.571. The zero-order chi connectivity index (χ0) is 12.8. The lowest BCUT2D eigenvalue weighted by molar-refractivity contribution is 0.129. The highest BCUT2D eigenvalue weighted by molar-refractivity contribution is 5.27. The normalized spacial score (nSPS) is 16.5. The van der Waals surface area contributed by atoms with Crippen molar-refractivity contribution in [2.45, 2.75) is 51.8 Å². The van der Waals surface area contributed by atoms with Crippen LogP contribution in [0.5, 0.6) is 5.75 Å². The molecule has 0 bridgehead atoms. The summed E-state index contributed by atoms with van der Waals surface area (Å²) in [6.45, 7) is 6.26. The van der Waals surface area contributed by atoms with Gasteiger partial charge in [-0.25, -0.2) is 0 Å². The van der Waals surface area contributed by atoms with Crippen molar-refractivity contribution < 1.29 is 10.2 Å². The highest BCUT2D eigenvalue weighted by Crippen LogP contribution is 2.20. The van der Waals surface area contributed by atoms with Crippen molar-refractivity contribution in [2.75, 3.05) is 0 Å². The molecule has 17 heavy (non-hydrogen) atoms. The van der Waals surface area contributed by atoms with E-state index >= 15 is 0 Å². The molecule has 0 radical (unpaired) electrons. The number of rotatable bonds is 6. The summed E-state index contributed by atoms with van der Waals surface area (Å²) in [7, 11) is 0. The van der Waals surface area contributed by atoms with Crippen LogP contribution < -0.4 is 5.32 Å². The minimum atomic E-state index is -0.546. The maximum atomic E-state index is 10.2. The number of nitrogens with one attached hydrogen (secondary N) is 1. The Labute approximate surface area is 103 Å². The van der Waals surface area contributed by atoms with Gasteiger partial charge in [-0.1, -0.05) is 25.5 Å². The fourth-order valence-electron chi connectivity index (χ4n) is 2.02. The number of benzene rings is 1. The summed E-state index contributed by atoms with van der Waals surface area (Å²) in [5, 5.41) is 22.7. The van der Waals surface area contributed by atoms with Gasteiger partial charge in [-0.3, -0.25) is 0 Å². The first-order chi connectivity index (χ1) is 8.04. The quantitative estimate of drug-likeness (QED) is 0.713. The van der Waals surface area contributed by atoms with Crippen LogP contribution in [0, 0.1) is 0 Å². The molecule has 0 heterocycles. The molecular weight excluding hydrogens is 214 g/mol. The topological polar surface area (TPSA) is 52.5 Å². The molecular formula is C14H23NO2. The zero-order valence-electron chi connectivity index (χ0n) is 10.9. The van der Waals surface area contributed by atoms with Crippen LogP contribution >= 0.6 is 0 Å². The highest BCUT2D eigenvalue weighted by atomic mass is 16.3. The largest absolute Gasteiger partial charge is 0.508 e. The minimum Gasteiger partial charge on any atom is -0.508 e. The molecule has 3 unspecified atom stereocenters. The fourth-order valence-corrected chi connectivity index (χ4v) is 2.02. The van der Waals surface area contributed by atoms with Crippen molar-refractivity contribution in [3.05, 3.63) is 29.8 Å². The maximum Gasteiger partial charge on any atom is 0.115 e. The van der Waals surface area contributed by atoms with E-state index in [1.165, 1.54) is 0 Å². The van der Waals surface area contributed by atoms with Crippen molar-refractivity contribution in [1.29, 1.82) is 0 Å². The second-order valence-electron chi connectivity index (χ2n) is 4.68. The number of hydrogen-bond donors (Lipinski definition) is 3. The van der Waals surface area contributed by atoms with E-state index in [0.29, 0.717) is 6.04 Å². The van der Waals surface area contributed by atoms with Gasteiger partial charge in [0.1, 0.15) is 5.75 Å². The molecule has 1 rings (SSSR count). The van der Waals surface area contributed by atoms with E-state index in [-0.39, 0.29) is 11.8 Å². The average Bonchev–Trinajstić information content (AvgIpc) is 2.29. The van der Waals surface area contributed by atoms with E-state index in [1.807, 2.05) is 6.92 Å². The van der Waals surface area contributed by atoms with E-state index in [2.05, 4.69) is 19.2 Å². The third-order valence-electron chi connectivity index (χ3n) is 2.98. The molecule has 0 aliphatic heterocycles. The van der Waals surface area contributed by atoms with Crippen molar-refractivity contribution in [2.24, 2.45) is 0 Å². The molecule has 0 aliphatic rings. The maximum absolute atomic E-state index is 10.2. The van der Waals surface area contributed by atoms with Crippen molar-refractivity contribution >= 4 is 0 Å². The lowest BCUT2D eigenvalue weighted by Crippen LogP contribution is -2.38. The van der Waals surface area contributed by atoms with Gasteiger partial charge in [0.15, 0.2) is 0 Å². The summed E-state index contributed by atoms with van der Waals surface area (Å²) in [6, 6.07) is 7.11. The summed E-state index contributed by atoms with van der Waals surface area (Å²) in [6.07, 6.45) is 1.69. The molecule has 0 aromatic heterocycles. The van der Waals surface area contributed by atoms with Gasteiger partial charge in [-0.2, -0.15) is 0 Å². The highest BCUT2D eigenvalue weighted by Gasteiger charge is 2.17. The first kappa shape index (κ1) is 14.0. The predicted octanol–water partition coefficient (Wildman–Crippen LogP) is 2.59. The van der Waals surface area contributed by atoms with Gasteiger partial charge in [0.2, 0.25) is 0 Å². The van der Waals surface area contributed by atoms with Gasteiger partial charge < -0.3 is 15.5 Å². The number of aliphatic hydroxyl groups is 1. The Balaban J connectivity index is 2.56. The molecule has 0 saturated carbocycles. The molecule has 1 aromatic carbocycles. The van der Waals surface area contributed by atoms with Gasteiger partial charge in [-0.05, 0) is 38.0 Å². The van der Waals surface area contributed by atoms with E-state index < -0.39 is 6.10 Å². The number of phenolic OH excluding ortho intramolecular Hbond substituents is 1. The van der Waals surface area contributed by atoms with Crippen LogP contribution in [-0.4, -0.2) is 22.3 Å². The second kappa shape index (κ2) is 6.62. The van der Waals surface area contributed by atoms with Crippen molar-refractivity contribution in [1.82, 2.24) is 5.32 Å². The molecule has 1 aromatic rings. The molecule has 0 saturated heterocycles. The molecule has 96 valence electrons. The summed E-state index contributed by atoms with van der Waals surface area (Å²) in [4.78, 5) is 0. The SMILES string of the molecule is CCCC(C)NC(C)C(O)c1ccc(O)cc1. The summed E-state index contributed by atoms with van der Waals surface area (Å²) in [5.41, 5.74) is 0.825. The first-order valence-electron chi connectivity index (χ1n) is 6.27. The first-order valence-corrected chi connectivity index (χ1v) is 6.27. The molecule has 3 heteroatoms. The number of phenols is 1. The molecule has 0 spiro atoms. The van der Waals surface area contributed by atoms with Crippen molar-refractivity contribution in [3.8, 4) is 5.75 Å². The van der Waals surface area contributed by atoms with Crippen LogP contribution in [0.25, 0.3) is 0 Å².